The topological polar surface area (TPSA) is 72.0 Å². The van der Waals surface area contributed by atoms with Gasteiger partial charge in [-0.15, -0.1) is 11.3 Å². The van der Waals surface area contributed by atoms with Crippen LogP contribution in [0, 0.1) is 0 Å². The fraction of sp³-hybridized carbons (Fsp3) is 0.400. The van der Waals surface area contributed by atoms with E-state index in [-0.39, 0.29) is 4.90 Å². The maximum absolute atomic E-state index is 13.0. The Kier molecular flexibility index (Phi) is 4.93. The number of hydrogen-bond donors (Lipinski definition) is 0. The van der Waals surface area contributed by atoms with E-state index >= 15 is 0 Å². The van der Waals surface area contributed by atoms with E-state index in [0.717, 1.165) is 5.13 Å². The number of benzene rings is 1. The molecule has 1 fully saturated rings. The highest BCUT2D eigenvalue weighted by Gasteiger charge is 2.31. The molecule has 2 aromatic rings. The SMILES string of the molecule is COc1ccc(OC)c(S(=O)(=O)N2CCN(c3nccs3)CC2)c1. The van der Waals surface area contributed by atoms with Crippen LogP contribution >= 0.6 is 11.3 Å². The zero-order valence-corrected chi connectivity index (χ0v) is 15.1. The molecule has 0 N–H and O–H groups in total. The van der Waals surface area contributed by atoms with Crippen molar-refractivity contribution in [2.75, 3.05) is 45.3 Å². The quantitative estimate of drug-likeness (QED) is 0.798. The van der Waals surface area contributed by atoms with Gasteiger partial charge in [0.15, 0.2) is 5.13 Å². The first-order valence-electron chi connectivity index (χ1n) is 7.43. The molecule has 0 amide bonds. The highest BCUT2D eigenvalue weighted by Crippen LogP contribution is 2.31. The molecular weight excluding hydrogens is 350 g/mol. The molecule has 1 aromatic heterocycles. The summed E-state index contributed by atoms with van der Waals surface area (Å²) in [5.41, 5.74) is 0. The van der Waals surface area contributed by atoms with Crippen molar-refractivity contribution in [2.45, 2.75) is 4.90 Å². The van der Waals surface area contributed by atoms with Crippen LogP contribution in [0.1, 0.15) is 0 Å². The van der Waals surface area contributed by atoms with E-state index in [4.69, 9.17) is 9.47 Å². The Hall–Kier alpha value is -1.84. The summed E-state index contributed by atoms with van der Waals surface area (Å²) in [5.74, 6) is 0.800. The first kappa shape index (κ1) is 17.0. The van der Waals surface area contributed by atoms with Crippen LogP contribution in [0.25, 0.3) is 0 Å². The van der Waals surface area contributed by atoms with Crippen molar-refractivity contribution < 1.29 is 17.9 Å². The van der Waals surface area contributed by atoms with Crippen molar-refractivity contribution in [3.8, 4) is 11.5 Å². The molecule has 24 heavy (non-hydrogen) atoms. The summed E-state index contributed by atoms with van der Waals surface area (Å²) in [4.78, 5) is 6.50. The van der Waals surface area contributed by atoms with Gasteiger partial charge in [0, 0.05) is 43.8 Å². The van der Waals surface area contributed by atoms with E-state index in [1.165, 1.54) is 24.6 Å². The second-order valence-corrected chi connectivity index (χ2v) is 8.00. The molecular formula is C15H19N3O4S2. The molecule has 2 heterocycles. The number of methoxy groups -OCH3 is 2. The predicted octanol–water partition coefficient (Wildman–Crippen LogP) is 1.67. The molecule has 9 heteroatoms. The van der Waals surface area contributed by atoms with Crippen LogP contribution < -0.4 is 14.4 Å². The number of sulfonamides is 1. The fourth-order valence-corrected chi connectivity index (χ4v) is 4.91. The number of anilines is 1. The number of aromatic nitrogens is 1. The van der Waals surface area contributed by atoms with E-state index in [9.17, 15) is 8.42 Å². The number of piperazine rings is 1. The average Bonchev–Trinajstić information content (AvgIpc) is 3.16. The number of hydrogen-bond acceptors (Lipinski definition) is 7. The van der Waals surface area contributed by atoms with Gasteiger partial charge in [-0.05, 0) is 12.1 Å². The third-order valence-corrected chi connectivity index (χ3v) is 6.67. The van der Waals surface area contributed by atoms with Gasteiger partial charge in [0.2, 0.25) is 10.0 Å². The summed E-state index contributed by atoms with van der Waals surface area (Å²) >= 11 is 1.56. The molecule has 0 spiro atoms. The molecule has 0 atom stereocenters. The van der Waals surface area contributed by atoms with Gasteiger partial charge in [-0.3, -0.25) is 0 Å². The molecule has 0 unspecified atom stereocenters. The van der Waals surface area contributed by atoms with Crippen molar-refractivity contribution in [1.82, 2.24) is 9.29 Å². The van der Waals surface area contributed by atoms with Gasteiger partial charge < -0.3 is 14.4 Å². The first-order chi connectivity index (χ1) is 11.6. The molecule has 3 rings (SSSR count). The maximum atomic E-state index is 13.0. The highest BCUT2D eigenvalue weighted by atomic mass is 32.2. The Labute approximate surface area is 145 Å². The smallest absolute Gasteiger partial charge is 0.247 e. The summed E-state index contributed by atoms with van der Waals surface area (Å²) in [6, 6.07) is 4.79. The highest BCUT2D eigenvalue weighted by molar-refractivity contribution is 7.89. The van der Waals surface area contributed by atoms with Crippen molar-refractivity contribution in [3.63, 3.8) is 0 Å². The molecule has 1 aliphatic heterocycles. The zero-order chi connectivity index (χ0) is 17.2. The lowest BCUT2D eigenvalue weighted by Gasteiger charge is -2.34. The molecule has 1 aromatic carbocycles. The van der Waals surface area contributed by atoms with Crippen LogP contribution in [0.4, 0.5) is 5.13 Å². The minimum absolute atomic E-state index is 0.132. The Balaban J connectivity index is 1.82. The summed E-state index contributed by atoms with van der Waals surface area (Å²) in [5, 5.41) is 2.84. The molecule has 0 bridgehead atoms. The molecule has 0 radical (unpaired) electrons. The van der Waals surface area contributed by atoms with Gasteiger partial charge in [0.1, 0.15) is 16.4 Å². The monoisotopic (exact) mass is 369 g/mol. The van der Waals surface area contributed by atoms with E-state index in [1.807, 2.05) is 5.38 Å². The maximum Gasteiger partial charge on any atom is 0.247 e. The van der Waals surface area contributed by atoms with Crippen LogP contribution in [0.15, 0.2) is 34.7 Å². The second kappa shape index (κ2) is 6.96. The van der Waals surface area contributed by atoms with Gasteiger partial charge in [-0.1, -0.05) is 0 Å². The Morgan fingerprint density at radius 2 is 1.88 bits per heavy atom. The van der Waals surface area contributed by atoms with Crippen molar-refractivity contribution in [2.24, 2.45) is 0 Å². The fourth-order valence-electron chi connectivity index (χ4n) is 2.62. The zero-order valence-electron chi connectivity index (χ0n) is 13.5. The summed E-state index contributed by atoms with van der Waals surface area (Å²) < 4.78 is 37.8. The lowest BCUT2D eigenvalue weighted by atomic mass is 10.3. The third-order valence-electron chi connectivity index (χ3n) is 3.92. The van der Waals surface area contributed by atoms with Gasteiger partial charge in [0.25, 0.3) is 0 Å². The summed E-state index contributed by atoms with van der Waals surface area (Å²) in [7, 11) is -0.680. The molecule has 130 valence electrons. The second-order valence-electron chi connectivity index (χ2n) is 5.22. The third kappa shape index (κ3) is 3.19. The molecule has 1 aliphatic rings. The predicted molar refractivity (Wildman–Crippen MR) is 92.6 cm³/mol. The normalized spacial score (nSPS) is 16.2. The van der Waals surface area contributed by atoms with Crippen LogP contribution in [-0.2, 0) is 10.0 Å². The Bertz CT molecular complexity index is 785. The number of thiazole rings is 1. The molecule has 7 nitrogen and oxygen atoms in total. The van der Waals surface area contributed by atoms with Crippen molar-refractivity contribution in [3.05, 3.63) is 29.8 Å². The Morgan fingerprint density at radius 1 is 1.12 bits per heavy atom. The van der Waals surface area contributed by atoms with E-state index in [2.05, 4.69) is 9.88 Å². The largest absolute Gasteiger partial charge is 0.497 e. The number of ether oxygens (including phenoxy) is 2. The van der Waals surface area contributed by atoms with E-state index < -0.39 is 10.0 Å². The van der Waals surface area contributed by atoms with Gasteiger partial charge in [-0.2, -0.15) is 4.31 Å². The van der Waals surface area contributed by atoms with Gasteiger partial charge >= 0.3 is 0 Å². The van der Waals surface area contributed by atoms with Crippen LogP contribution in [0.3, 0.4) is 0 Å². The minimum Gasteiger partial charge on any atom is -0.497 e. The molecule has 1 saturated heterocycles. The number of nitrogens with zero attached hydrogens (tertiary/aromatic N) is 3. The lowest BCUT2D eigenvalue weighted by molar-refractivity contribution is 0.370. The summed E-state index contributed by atoms with van der Waals surface area (Å²) in [6.45, 7) is 2.03. The van der Waals surface area contributed by atoms with Crippen LogP contribution in [-0.4, -0.2) is 58.1 Å². The Morgan fingerprint density at radius 3 is 2.46 bits per heavy atom. The average molecular weight is 369 g/mol. The standard InChI is InChI=1S/C15H19N3O4S2/c1-21-12-3-4-13(22-2)14(11-12)24(19,20)18-8-6-17(7-9-18)15-16-5-10-23-15/h3-5,10-11H,6-9H2,1-2H3. The van der Waals surface area contributed by atoms with E-state index in [1.54, 1.807) is 29.7 Å². The molecule has 0 aliphatic carbocycles. The number of rotatable bonds is 5. The van der Waals surface area contributed by atoms with Gasteiger partial charge in [0.05, 0.1) is 14.2 Å². The van der Waals surface area contributed by atoms with Crippen molar-refractivity contribution >= 4 is 26.5 Å². The molecule has 0 saturated carbocycles. The lowest BCUT2D eigenvalue weighted by Crippen LogP contribution is -2.48. The van der Waals surface area contributed by atoms with Gasteiger partial charge in [-0.25, -0.2) is 13.4 Å². The van der Waals surface area contributed by atoms with Crippen LogP contribution in [0.5, 0.6) is 11.5 Å². The summed E-state index contributed by atoms with van der Waals surface area (Å²) in [6.07, 6.45) is 1.75. The first-order valence-corrected chi connectivity index (χ1v) is 9.75. The van der Waals surface area contributed by atoms with E-state index in [0.29, 0.717) is 37.7 Å². The minimum atomic E-state index is -3.64. The van der Waals surface area contributed by atoms with Crippen molar-refractivity contribution in [1.29, 1.82) is 0 Å². The van der Waals surface area contributed by atoms with Crippen LogP contribution in [0.2, 0.25) is 0 Å².